The molecule has 3 aromatic rings. The van der Waals surface area contributed by atoms with E-state index in [1.807, 2.05) is 37.3 Å². The van der Waals surface area contributed by atoms with Gasteiger partial charge in [0.15, 0.2) is 0 Å². The van der Waals surface area contributed by atoms with Crippen molar-refractivity contribution in [1.29, 1.82) is 0 Å². The lowest BCUT2D eigenvalue weighted by Gasteiger charge is -2.27. The number of hydrogen-bond acceptors (Lipinski definition) is 6. The van der Waals surface area contributed by atoms with Gasteiger partial charge in [0.25, 0.3) is 0 Å². The van der Waals surface area contributed by atoms with Crippen molar-refractivity contribution in [2.75, 3.05) is 38.3 Å². The summed E-state index contributed by atoms with van der Waals surface area (Å²) in [6.45, 7) is 5.05. The molecule has 4 rings (SSSR count). The Kier molecular flexibility index (Phi) is 4.19. The van der Waals surface area contributed by atoms with Gasteiger partial charge in [-0.05, 0) is 31.2 Å². The summed E-state index contributed by atoms with van der Waals surface area (Å²) < 4.78 is 10.9. The highest BCUT2D eigenvalue weighted by Crippen LogP contribution is 2.33. The number of pyridine rings is 1. The van der Waals surface area contributed by atoms with Gasteiger partial charge < -0.3 is 14.4 Å². The van der Waals surface area contributed by atoms with Crippen LogP contribution in [0.4, 0.5) is 5.95 Å². The zero-order valence-corrected chi connectivity index (χ0v) is 14.4. The highest BCUT2D eigenvalue weighted by molar-refractivity contribution is 5.97. The Morgan fingerprint density at radius 2 is 1.96 bits per heavy atom. The first kappa shape index (κ1) is 15.8. The molecule has 1 saturated heterocycles. The first-order valence-electron chi connectivity index (χ1n) is 8.37. The number of aromatic nitrogens is 3. The predicted octanol–water partition coefficient (Wildman–Crippen LogP) is 2.85. The minimum Gasteiger partial charge on any atom is -0.494 e. The van der Waals surface area contributed by atoms with Gasteiger partial charge in [0, 0.05) is 35.9 Å². The fraction of sp³-hybridized carbons (Fsp3) is 0.316. The van der Waals surface area contributed by atoms with Gasteiger partial charge in [-0.3, -0.25) is 4.98 Å². The van der Waals surface area contributed by atoms with Crippen LogP contribution in [-0.4, -0.2) is 48.4 Å². The zero-order chi connectivity index (χ0) is 17.2. The number of rotatable bonds is 3. The molecule has 6 heteroatoms. The predicted molar refractivity (Wildman–Crippen MR) is 97.1 cm³/mol. The minimum absolute atomic E-state index is 0.710. The van der Waals surface area contributed by atoms with E-state index in [1.54, 1.807) is 13.3 Å². The third kappa shape index (κ3) is 3.00. The number of aryl methyl sites for hydroxylation is 1. The van der Waals surface area contributed by atoms with Gasteiger partial charge in [-0.25, -0.2) is 9.97 Å². The number of hydrogen-bond donors (Lipinski definition) is 0. The highest BCUT2D eigenvalue weighted by atomic mass is 16.5. The van der Waals surface area contributed by atoms with E-state index in [0.29, 0.717) is 13.2 Å². The van der Waals surface area contributed by atoms with Crippen molar-refractivity contribution in [3.05, 3.63) is 42.2 Å². The summed E-state index contributed by atoms with van der Waals surface area (Å²) in [5.41, 5.74) is 3.71. The average Bonchev–Trinajstić information content (AvgIpc) is 2.67. The number of methoxy groups -OCH3 is 1. The van der Waals surface area contributed by atoms with Gasteiger partial charge in [-0.15, -0.1) is 0 Å². The molecule has 0 unspecified atom stereocenters. The van der Waals surface area contributed by atoms with Gasteiger partial charge in [0.1, 0.15) is 11.3 Å². The second-order valence-electron chi connectivity index (χ2n) is 6.01. The molecule has 1 aromatic carbocycles. The molecule has 0 aliphatic carbocycles. The van der Waals surface area contributed by atoms with Crippen LogP contribution in [0.25, 0.3) is 22.2 Å². The Balaban J connectivity index is 1.85. The number of anilines is 1. The van der Waals surface area contributed by atoms with E-state index in [1.165, 1.54) is 0 Å². The van der Waals surface area contributed by atoms with Crippen LogP contribution in [0.5, 0.6) is 5.75 Å². The second-order valence-corrected chi connectivity index (χ2v) is 6.01. The molecule has 0 spiro atoms. The standard InChI is InChI=1S/C19H20N4O2/c1-13-12-16(22-19(21-13)23-8-10-25-11-9-23)14-5-6-17(24-2)18-15(14)4-3-7-20-18/h3-7,12H,8-11H2,1-2H3. The molecule has 0 saturated carbocycles. The molecule has 0 amide bonds. The molecule has 1 aliphatic rings. The van der Waals surface area contributed by atoms with E-state index in [0.717, 1.165) is 52.6 Å². The molecule has 1 aliphatic heterocycles. The summed E-state index contributed by atoms with van der Waals surface area (Å²) in [6.07, 6.45) is 1.78. The fourth-order valence-corrected chi connectivity index (χ4v) is 3.13. The van der Waals surface area contributed by atoms with Crippen LogP contribution in [-0.2, 0) is 4.74 Å². The molecular formula is C19H20N4O2. The van der Waals surface area contributed by atoms with Crippen molar-refractivity contribution in [3.63, 3.8) is 0 Å². The quantitative estimate of drug-likeness (QED) is 0.733. The van der Waals surface area contributed by atoms with Gasteiger partial charge in [0.05, 0.1) is 26.0 Å². The third-order valence-electron chi connectivity index (χ3n) is 4.36. The summed E-state index contributed by atoms with van der Waals surface area (Å²) in [5, 5.41) is 1.02. The maximum atomic E-state index is 5.44. The van der Waals surface area contributed by atoms with Crippen LogP contribution < -0.4 is 9.64 Å². The Morgan fingerprint density at radius 3 is 2.76 bits per heavy atom. The summed E-state index contributed by atoms with van der Waals surface area (Å²) >= 11 is 0. The van der Waals surface area contributed by atoms with Gasteiger partial charge in [-0.1, -0.05) is 6.07 Å². The summed E-state index contributed by atoms with van der Waals surface area (Å²) in [4.78, 5) is 16.1. The Hall–Kier alpha value is -2.73. The Morgan fingerprint density at radius 1 is 1.12 bits per heavy atom. The highest BCUT2D eigenvalue weighted by Gasteiger charge is 2.17. The van der Waals surface area contributed by atoms with Gasteiger partial charge >= 0.3 is 0 Å². The lowest BCUT2D eigenvalue weighted by Crippen LogP contribution is -2.37. The zero-order valence-electron chi connectivity index (χ0n) is 14.4. The van der Waals surface area contributed by atoms with Crippen LogP contribution in [0.1, 0.15) is 5.69 Å². The van der Waals surface area contributed by atoms with E-state index < -0.39 is 0 Å². The van der Waals surface area contributed by atoms with E-state index in [-0.39, 0.29) is 0 Å². The van der Waals surface area contributed by atoms with Crippen molar-refractivity contribution in [2.45, 2.75) is 6.92 Å². The molecule has 128 valence electrons. The summed E-state index contributed by atoms with van der Waals surface area (Å²) in [5.74, 6) is 1.52. The van der Waals surface area contributed by atoms with Gasteiger partial charge in [-0.2, -0.15) is 0 Å². The van der Waals surface area contributed by atoms with Crippen molar-refractivity contribution >= 4 is 16.9 Å². The number of morpholine rings is 1. The summed E-state index contributed by atoms with van der Waals surface area (Å²) in [6, 6.07) is 9.97. The van der Waals surface area contributed by atoms with E-state index in [2.05, 4.69) is 14.9 Å². The number of ether oxygens (including phenoxy) is 2. The molecule has 2 aromatic heterocycles. The van der Waals surface area contributed by atoms with Crippen molar-refractivity contribution in [1.82, 2.24) is 15.0 Å². The topological polar surface area (TPSA) is 60.4 Å². The maximum Gasteiger partial charge on any atom is 0.226 e. The molecular weight excluding hydrogens is 316 g/mol. The van der Waals surface area contributed by atoms with Crippen molar-refractivity contribution in [3.8, 4) is 17.0 Å². The second kappa shape index (κ2) is 6.64. The monoisotopic (exact) mass is 336 g/mol. The minimum atomic E-state index is 0.710. The molecule has 1 fully saturated rings. The van der Waals surface area contributed by atoms with Crippen LogP contribution in [0, 0.1) is 6.92 Å². The Labute approximate surface area is 146 Å². The van der Waals surface area contributed by atoms with Crippen molar-refractivity contribution < 1.29 is 9.47 Å². The molecule has 6 nitrogen and oxygen atoms in total. The normalized spacial score (nSPS) is 14.7. The van der Waals surface area contributed by atoms with E-state index >= 15 is 0 Å². The lowest BCUT2D eigenvalue weighted by atomic mass is 10.0. The Bertz CT molecular complexity index is 907. The average molecular weight is 336 g/mol. The van der Waals surface area contributed by atoms with Crippen LogP contribution in [0.15, 0.2) is 36.5 Å². The molecule has 0 bridgehead atoms. The van der Waals surface area contributed by atoms with Crippen molar-refractivity contribution in [2.24, 2.45) is 0 Å². The third-order valence-corrected chi connectivity index (χ3v) is 4.36. The first-order valence-corrected chi connectivity index (χ1v) is 8.37. The van der Waals surface area contributed by atoms with Crippen LogP contribution >= 0.6 is 0 Å². The number of benzene rings is 1. The van der Waals surface area contributed by atoms with Gasteiger partial charge in [0.2, 0.25) is 5.95 Å². The van der Waals surface area contributed by atoms with Crippen LogP contribution in [0.3, 0.4) is 0 Å². The maximum absolute atomic E-state index is 5.44. The van der Waals surface area contributed by atoms with Crippen LogP contribution in [0.2, 0.25) is 0 Å². The SMILES string of the molecule is COc1ccc(-c2cc(C)nc(N3CCOCC3)n2)c2cccnc12. The number of fused-ring (bicyclic) bond motifs is 1. The molecule has 25 heavy (non-hydrogen) atoms. The van der Waals surface area contributed by atoms with E-state index in [9.17, 15) is 0 Å². The number of nitrogens with zero attached hydrogens (tertiary/aromatic N) is 4. The molecule has 0 N–H and O–H groups in total. The largest absolute Gasteiger partial charge is 0.494 e. The van der Waals surface area contributed by atoms with E-state index in [4.69, 9.17) is 14.5 Å². The lowest BCUT2D eigenvalue weighted by molar-refractivity contribution is 0.122. The first-order chi connectivity index (χ1) is 12.3. The molecule has 3 heterocycles. The summed E-state index contributed by atoms with van der Waals surface area (Å²) in [7, 11) is 1.66. The fourth-order valence-electron chi connectivity index (χ4n) is 3.13. The smallest absolute Gasteiger partial charge is 0.226 e. The molecule has 0 atom stereocenters. The molecule has 0 radical (unpaired) electrons.